The lowest BCUT2D eigenvalue weighted by molar-refractivity contribution is -0.152. The second kappa shape index (κ2) is 11.2. The van der Waals surface area contributed by atoms with Crippen molar-refractivity contribution >= 4 is 29.1 Å². The van der Waals surface area contributed by atoms with Crippen molar-refractivity contribution in [1.82, 2.24) is 5.32 Å². The number of ketones is 1. The highest BCUT2D eigenvalue weighted by molar-refractivity contribution is 7.10. The summed E-state index contributed by atoms with van der Waals surface area (Å²) in [5, 5.41) is 5.42. The maximum absolute atomic E-state index is 14.3. The molecule has 0 amide bonds. The summed E-state index contributed by atoms with van der Waals surface area (Å²) in [6, 6.07) is 11.7. The van der Waals surface area contributed by atoms with Gasteiger partial charge in [-0.3, -0.25) is 9.59 Å². The molecule has 1 N–H and O–H groups in total. The lowest BCUT2D eigenvalue weighted by Crippen LogP contribution is -2.43. The van der Waals surface area contributed by atoms with Gasteiger partial charge in [0.25, 0.3) is 0 Å². The molecular weight excluding hydrogens is 474 g/mol. The molecule has 2 heterocycles. The van der Waals surface area contributed by atoms with E-state index >= 15 is 0 Å². The molecule has 2 aliphatic rings. The minimum atomic E-state index is -0.966. The third-order valence-electron chi connectivity index (χ3n) is 6.85. The molecule has 0 saturated carbocycles. The minimum absolute atomic E-state index is 0.194. The fraction of sp³-hybridized carbons (Fsp3) is 0.414. The molecule has 1 aliphatic heterocycles. The van der Waals surface area contributed by atoms with Crippen molar-refractivity contribution in [2.45, 2.75) is 58.8 Å². The van der Waals surface area contributed by atoms with Crippen LogP contribution >= 0.6 is 11.3 Å². The van der Waals surface area contributed by atoms with Crippen LogP contribution in [0.5, 0.6) is 0 Å². The maximum Gasteiger partial charge on any atom is 0.336 e. The Bertz CT molecular complexity index is 1210. The van der Waals surface area contributed by atoms with Gasteiger partial charge in [-0.25, -0.2) is 4.79 Å². The third-order valence-corrected chi connectivity index (χ3v) is 7.85. The molecule has 6 nitrogen and oxygen atoms in total. The molecule has 36 heavy (non-hydrogen) atoms. The lowest BCUT2D eigenvalue weighted by Gasteiger charge is -2.40. The number of carbonyl (C=O) groups excluding carboxylic acids is 3. The Kier molecular flexibility index (Phi) is 8.09. The van der Waals surface area contributed by atoms with Crippen LogP contribution in [0, 0.1) is 12.8 Å². The normalized spacial score (nSPS) is 21.7. The number of benzene rings is 1. The molecule has 0 fully saturated rings. The van der Waals surface area contributed by atoms with E-state index in [4.69, 9.17) is 9.47 Å². The second-order valence-corrected chi connectivity index (χ2v) is 10.1. The van der Waals surface area contributed by atoms with Crippen molar-refractivity contribution in [2.75, 3.05) is 13.2 Å². The zero-order valence-corrected chi connectivity index (χ0v) is 22.1. The minimum Gasteiger partial charge on any atom is -0.465 e. The van der Waals surface area contributed by atoms with Crippen molar-refractivity contribution in [3.05, 3.63) is 80.3 Å². The summed E-state index contributed by atoms with van der Waals surface area (Å²) in [7, 11) is 0. The van der Waals surface area contributed by atoms with Gasteiger partial charge in [-0.15, -0.1) is 11.3 Å². The van der Waals surface area contributed by atoms with Crippen molar-refractivity contribution in [2.24, 2.45) is 5.92 Å². The molecule has 0 radical (unpaired) electrons. The van der Waals surface area contributed by atoms with E-state index in [1.807, 2.05) is 48.7 Å². The summed E-state index contributed by atoms with van der Waals surface area (Å²) < 4.78 is 10.9. The van der Waals surface area contributed by atoms with Crippen LogP contribution in [0.4, 0.5) is 0 Å². The van der Waals surface area contributed by atoms with E-state index in [2.05, 4.69) is 12.2 Å². The van der Waals surface area contributed by atoms with Gasteiger partial charge in [0.05, 0.1) is 18.8 Å². The van der Waals surface area contributed by atoms with Gasteiger partial charge in [0.1, 0.15) is 5.92 Å². The molecule has 7 heteroatoms. The second-order valence-electron chi connectivity index (χ2n) is 9.09. The first kappa shape index (κ1) is 25.9. The average Bonchev–Trinajstić information content (AvgIpc) is 3.39. The molecule has 0 saturated heterocycles. The van der Waals surface area contributed by atoms with Gasteiger partial charge in [0.2, 0.25) is 0 Å². The predicted molar refractivity (Wildman–Crippen MR) is 139 cm³/mol. The van der Waals surface area contributed by atoms with Crippen LogP contribution in [0.3, 0.4) is 0 Å². The molecule has 0 spiro atoms. The highest BCUT2D eigenvalue weighted by atomic mass is 32.1. The molecule has 190 valence electrons. The first-order valence-electron chi connectivity index (χ1n) is 12.6. The Morgan fingerprint density at radius 3 is 2.44 bits per heavy atom. The number of dihydropyridines is 1. The Morgan fingerprint density at radius 1 is 1.06 bits per heavy atom. The molecule has 1 aromatic carbocycles. The smallest absolute Gasteiger partial charge is 0.336 e. The van der Waals surface area contributed by atoms with Crippen LogP contribution in [0.15, 0.2) is 64.3 Å². The van der Waals surface area contributed by atoms with E-state index in [1.165, 1.54) is 11.3 Å². The Labute approximate surface area is 216 Å². The van der Waals surface area contributed by atoms with E-state index in [9.17, 15) is 14.4 Å². The predicted octanol–water partition coefficient (Wildman–Crippen LogP) is 5.55. The van der Waals surface area contributed by atoms with Crippen LogP contribution in [-0.4, -0.2) is 30.9 Å². The highest BCUT2D eigenvalue weighted by Crippen LogP contribution is 2.49. The summed E-state index contributed by atoms with van der Waals surface area (Å²) in [6.07, 6.45) is 1.95. The Hall–Kier alpha value is -3.19. The summed E-state index contributed by atoms with van der Waals surface area (Å²) in [6.45, 7) is 7.97. The van der Waals surface area contributed by atoms with Crippen molar-refractivity contribution in [1.29, 1.82) is 0 Å². The van der Waals surface area contributed by atoms with E-state index < -0.39 is 23.8 Å². The summed E-state index contributed by atoms with van der Waals surface area (Å²) in [5.74, 6) is -3.15. The Morgan fingerprint density at radius 2 is 1.81 bits per heavy atom. The van der Waals surface area contributed by atoms with Gasteiger partial charge < -0.3 is 14.8 Å². The van der Waals surface area contributed by atoms with Crippen molar-refractivity contribution in [3.63, 3.8) is 0 Å². The van der Waals surface area contributed by atoms with Gasteiger partial charge >= 0.3 is 11.9 Å². The highest BCUT2D eigenvalue weighted by Gasteiger charge is 2.49. The number of allylic oxidation sites excluding steroid dienone is 3. The van der Waals surface area contributed by atoms with Crippen LogP contribution < -0.4 is 5.32 Å². The van der Waals surface area contributed by atoms with Crippen LogP contribution in [0.25, 0.3) is 0 Å². The molecule has 1 aliphatic carbocycles. The molecule has 0 bridgehead atoms. The summed E-state index contributed by atoms with van der Waals surface area (Å²) in [5.41, 5.74) is 4.33. The number of carbonyl (C=O) groups is 3. The van der Waals surface area contributed by atoms with Crippen molar-refractivity contribution in [3.8, 4) is 0 Å². The number of nitrogens with one attached hydrogen (secondary N) is 1. The van der Waals surface area contributed by atoms with E-state index in [-0.39, 0.29) is 24.9 Å². The topological polar surface area (TPSA) is 81.7 Å². The van der Waals surface area contributed by atoms with E-state index in [1.54, 1.807) is 13.8 Å². The van der Waals surface area contributed by atoms with Crippen molar-refractivity contribution < 1.29 is 23.9 Å². The monoisotopic (exact) mass is 507 g/mol. The van der Waals surface area contributed by atoms with Gasteiger partial charge in [-0.05, 0) is 56.2 Å². The first-order chi connectivity index (χ1) is 17.4. The zero-order valence-electron chi connectivity index (χ0n) is 21.3. The molecule has 2 aromatic rings. The average molecular weight is 508 g/mol. The zero-order chi connectivity index (χ0) is 25.8. The van der Waals surface area contributed by atoms with Gasteiger partial charge in [-0.1, -0.05) is 43.7 Å². The lowest BCUT2D eigenvalue weighted by atomic mass is 9.67. The van der Waals surface area contributed by atoms with Crippen LogP contribution in [0.2, 0.25) is 0 Å². The summed E-state index contributed by atoms with van der Waals surface area (Å²) in [4.78, 5) is 41.9. The van der Waals surface area contributed by atoms with Gasteiger partial charge in [0, 0.05) is 33.7 Å². The number of ether oxygens (including phenoxy) is 2. The van der Waals surface area contributed by atoms with Crippen LogP contribution in [0.1, 0.15) is 67.9 Å². The van der Waals surface area contributed by atoms with Crippen LogP contribution in [-0.2, 0) is 23.9 Å². The first-order valence-corrected chi connectivity index (χ1v) is 13.5. The molecule has 0 unspecified atom stereocenters. The fourth-order valence-corrected chi connectivity index (χ4v) is 6.20. The molecule has 3 atom stereocenters. The number of hydrogen-bond acceptors (Lipinski definition) is 7. The Balaban J connectivity index is 1.94. The standard InChI is InChI=1S/C29H33NO5S/c1-5-11-20-26(29(33)35-7-3)23(18-13-9-8-12-17(18)4)25-21(30-20)16-19(22-14-10-15-36-22)24(27(25)31)28(32)34-6-2/h8-10,12-15,19,23-24,30H,5-7,11,16H2,1-4H3/t19-,23+,24-/m0/s1. The number of esters is 2. The number of thiophene rings is 1. The number of rotatable bonds is 8. The number of hydrogen-bond donors (Lipinski definition) is 1. The SMILES string of the molecule is CCCC1=C(C(=O)OCC)[C@H](c2ccccc2C)C2=C(C[C@@H](c3cccs3)[C@H](C(=O)OCC)C2=O)N1. The molecular formula is C29H33NO5S. The summed E-state index contributed by atoms with van der Waals surface area (Å²) >= 11 is 1.54. The number of Topliss-reactive ketones (excluding diaryl/α,β-unsaturated/α-hetero) is 1. The third kappa shape index (κ3) is 4.76. The quantitative estimate of drug-likeness (QED) is 0.373. The largest absolute Gasteiger partial charge is 0.465 e. The van der Waals surface area contributed by atoms with E-state index in [0.29, 0.717) is 24.0 Å². The van der Waals surface area contributed by atoms with E-state index in [0.717, 1.165) is 33.8 Å². The maximum atomic E-state index is 14.3. The molecule has 4 rings (SSSR count). The van der Waals surface area contributed by atoms with Gasteiger partial charge in [-0.2, -0.15) is 0 Å². The fourth-order valence-electron chi connectivity index (χ4n) is 5.34. The number of aryl methyl sites for hydroxylation is 1. The molecule has 1 aromatic heterocycles. The van der Waals surface area contributed by atoms with Gasteiger partial charge in [0.15, 0.2) is 5.78 Å².